The van der Waals surface area contributed by atoms with E-state index >= 15 is 0 Å². The first-order valence-corrected chi connectivity index (χ1v) is 7.15. The molecule has 1 saturated heterocycles. The monoisotopic (exact) mass is 316 g/mol. The lowest BCUT2D eigenvalue weighted by atomic mass is 10.1. The molecule has 8 nitrogen and oxygen atoms in total. The summed E-state index contributed by atoms with van der Waals surface area (Å²) in [6, 6.07) is 5.27. The number of nitrogens with zero attached hydrogens (tertiary/aromatic N) is 4. The summed E-state index contributed by atoms with van der Waals surface area (Å²) in [5, 5.41) is 13.1. The summed E-state index contributed by atoms with van der Waals surface area (Å²) in [5.74, 6) is -1.26. The average Bonchev–Trinajstić information content (AvgIpc) is 3.08. The third-order valence-corrected chi connectivity index (χ3v) is 3.74. The van der Waals surface area contributed by atoms with Gasteiger partial charge in [-0.3, -0.25) is 4.79 Å². The third kappa shape index (κ3) is 3.07. The number of aliphatic carboxylic acids is 1. The first-order valence-electron chi connectivity index (χ1n) is 7.15. The van der Waals surface area contributed by atoms with Gasteiger partial charge >= 0.3 is 5.97 Å². The van der Waals surface area contributed by atoms with Crippen LogP contribution < -0.4 is 0 Å². The van der Waals surface area contributed by atoms with Gasteiger partial charge in [-0.05, 0) is 30.7 Å². The Morgan fingerprint density at radius 2 is 2.22 bits per heavy atom. The maximum absolute atomic E-state index is 12.6. The van der Waals surface area contributed by atoms with E-state index in [4.69, 9.17) is 9.84 Å². The number of benzene rings is 1. The highest BCUT2D eigenvalue weighted by Crippen LogP contribution is 2.17. The van der Waals surface area contributed by atoms with Crippen LogP contribution in [-0.4, -0.2) is 62.4 Å². The van der Waals surface area contributed by atoms with Crippen molar-refractivity contribution in [2.24, 2.45) is 0 Å². The second kappa shape index (κ2) is 6.17. The fourth-order valence-electron chi connectivity index (χ4n) is 2.54. The fourth-order valence-corrected chi connectivity index (χ4v) is 2.54. The van der Waals surface area contributed by atoms with Crippen LogP contribution in [0, 0.1) is 6.92 Å². The number of carboxylic acid groups (broad SMARTS) is 1. The van der Waals surface area contributed by atoms with E-state index in [0.717, 1.165) is 11.3 Å². The standard InChI is InChI=1S/C15H16N4O4/c1-10-6-11(2-3-12(10)19-9-16-8-17-19)14(20)18-4-5-23-13(7-18)15(21)22/h2-3,6,8-9,13H,4-5,7H2,1H3,(H,21,22). The molecule has 2 heterocycles. The second-order valence-electron chi connectivity index (χ2n) is 5.29. The van der Waals surface area contributed by atoms with Gasteiger partial charge in [0.15, 0.2) is 6.10 Å². The Hall–Kier alpha value is -2.74. The van der Waals surface area contributed by atoms with Crippen LogP contribution in [0.4, 0.5) is 0 Å². The van der Waals surface area contributed by atoms with Crippen LogP contribution in [-0.2, 0) is 9.53 Å². The molecular weight excluding hydrogens is 300 g/mol. The molecule has 0 aliphatic carbocycles. The predicted octanol–water partition coefficient (Wildman–Crippen LogP) is 0.501. The lowest BCUT2D eigenvalue weighted by molar-refractivity contribution is -0.154. The zero-order valence-corrected chi connectivity index (χ0v) is 12.5. The summed E-state index contributed by atoms with van der Waals surface area (Å²) in [6.45, 7) is 2.54. The van der Waals surface area contributed by atoms with E-state index in [0.29, 0.717) is 12.1 Å². The molecule has 1 aliphatic rings. The maximum atomic E-state index is 12.6. The highest BCUT2D eigenvalue weighted by Gasteiger charge is 2.29. The summed E-state index contributed by atoms with van der Waals surface area (Å²) in [5.41, 5.74) is 2.23. The largest absolute Gasteiger partial charge is 0.479 e. The van der Waals surface area contributed by atoms with E-state index in [2.05, 4.69) is 10.1 Å². The Morgan fingerprint density at radius 3 is 2.87 bits per heavy atom. The molecule has 1 N–H and O–H groups in total. The highest BCUT2D eigenvalue weighted by molar-refractivity contribution is 5.95. The van der Waals surface area contributed by atoms with Crippen LogP contribution >= 0.6 is 0 Å². The minimum Gasteiger partial charge on any atom is -0.479 e. The molecule has 23 heavy (non-hydrogen) atoms. The molecule has 0 bridgehead atoms. The van der Waals surface area contributed by atoms with Crippen molar-refractivity contribution in [3.8, 4) is 5.69 Å². The molecule has 120 valence electrons. The van der Waals surface area contributed by atoms with E-state index in [1.54, 1.807) is 29.2 Å². The molecule has 1 unspecified atom stereocenters. The van der Waals surface area contributed by atoms with E-state index in [1.165, 1.54) is 11.2 Å². The van der Waals surface area contributed by atoms with Crippen molar-refractivity contribution in [3.63, 3.8) is 0 Å². The molecule has 0 radical (unpaired) electrons. The summed E-state index contributed by atoms with van der Waals surface area (Å²) in [4.78, 5) is 29.0. The van der Waals surface area contributed by atoms with E-state index in [-0.39, 0.29) is 19.1 Å². The average molecular weight is 316 g/mol. The normalized spacial score (nSPS) is 18.0. The number of morpholine rings is 1. The number of rotatable bonds is 3. The molecule has 2 aromatic rings. The molecule has 3 rings (SSSR count). The van der Waals surface area contributed by atoms with Crippen molar-refractivity contribution in [2.45, 2.75) is 13.0 Å². The first-order chi connectivity index (χ1) is 11.1. The van der Waals surface area contributed by atoms with Crippen LogP contribution in [0.3, 0.4) is 0 Å². The lowest BCUT2D eigenvalue weighted by Gasteiger charge is -2.31. The lowest BCUT2D eigenvalue weighted by Crippen LogP contribution is -2.48. The van der Waals surface area contributed by atoms with Gasteiger partial charge in [0.2, 0.25) is 0 Å². The van der Waals surface area contributed by atoms with Gasteiger partial charge in [0, 0.05) is 12.1 Å². The molecule has 0 saturated carbocycles. The Kier molecular flexibility index (Phi) is 4.07. The number of carbonyl (C=O) groups excluding carboxylic acids is 1. The van der Waals surface area contributed by atoms with Gasteiger partial charge in [-0.15, -0.1) is 0 Å². The van der Waals surface area contributed by atoms with Crippen molar-refractivity contribution in [1.82, 2.24) is 19.7 Å². The van der Waals surface area contributed by atoms with Crippen LogP contribution in [0.2, 0.25) is 0 Å². The van der Waals surface area contributed by atoms with Gasteiger partial charge in [0.25, 0.3) is 5.91 Å². The molecule has 1 atom stereocenters. The zero-order chi connectivity index (χ0) is 16.4. The first kappa shape index (κ1) is 15.2. The molecule has 1 amide bonds. The van der Waals surface area contributed by atoms with Crippen molar-refractivity contribution >= 4 is 11.9 Å². The van der Waals surface area contributed by atoms with E-state index in [9.17, 15) is 9.59 Å². The predicted molar refractivity (Wildman–Crippen MR) is 79.4 cm³/mol. The van der Waals surface area contributed by atoms with Gasteiger partial charge < -0.3 is 14.7 Å². The second-order valence-corrected chi connectivity index (χ2v) is 5.29. The number of hydrogen-bond acceptors (Lipinski definition) is 5. The van der Waals surface area contributed by atoms with Crippen LogP contribution in [0.5, 0.6) is 0 Å². The fraction of sp³-hybridized carbons (Fsp3) is 0.333. The Balaban J connectivity index is 1.80. The highest BCUT2D eigenvalue weighted by atomic mass is 16.5. The zero-order valence-electron chi connectivity index (χ0n) is 12.5. The minimum absolute atomic E-state index is 0.0536. The molecule has 1 aromatic carbocycles. The van der Waals surface area contributed by atoms with Crippen molar-refractivity contribution < 1.29 is 19.4 Å². The van der Waals surface area contributed by atoms with Crippen LogP contribution in [0.25, 0.3) is 5.69 Å². The van der Waals surface area contributed by atoms with Gasteiger partial charge in [0.1, 0.15) is 12.7 Å². The van der Waals surface area contributed by atoms with Crippen LogP contribution in [0.1, 0.15) is 15.9 Å². The molecule has 1 aliphatic heterocycles. The topological polar surface area (TPSA) is 97.6 Å². The van der Waals surface area contributed by atoms with Crippen molar-refractivity contribution in [3.05, 3.63) is 42.0 Å². The number of hydrogen-bond donors (Lipinski definition) is 1. The SMILES string of the molecule is Cc1cc(C(=O)N2CCOC(C(=O)O)C2)ccc1-n1cncn1. The number of aromatic nitrogens is 3. The summed E-state index contributed by atoms with van der Waals surface area (Å²) in [7, 11) is 0. The molecule has 8 heteroatoms. The minimum atomic E-state index is -1.06. The van der Waals surface area contributed by atoms with Crippen molar-refractivity contribution in [1.29, 1.82) is 0 Å². The number of carbonyl (C=O) groups is 2. The summed E-state index contributed by atoms with van der Waals surface area (Å²) in [6.07, 6.45) is 2.06. The molecule has 0 spiro atoms. The van der Waals surface area contributed by atoms with Gasteiger partial charge in [0.05, 0.1) is 18.8 Å². The third-order valence-electron chi connectivity index (χ3n) is 3.74. The molecular formula is C15H16N4O4. The quantitative estimate of drug-likeness (QED) is 0.885. The van der Waals surface area contributed by atoms with E-state index in [1.807, 2.05) is 6.92 Å². The number of carboxylic acids is 1. The molecule has 1 fully saturated rings. The Labute approximate surface area is 132 Å². The number of amides is 1. The smallest absolute Gasteiger partial charge is 0.334 e. The summed E-state index contributed by atoms with van der Waals surface area (Å²) >= 11 is 0. The van der Waals surface area contributed by atoms with Gasteiger partial charge in [-0.1, -0.05) is 0 Å². The van der Waals surface area contributed by atoms with Gasteiger partial charge in [-0.2, -0.15) is 5.10 Å². The molecule has 1 aromatic heterocycles. The Bertz CT molecular complexity index is 729. The van der Waals surface area contributed by atoms with E-state index < -0.39 is 12.1 Å². The number of ether oxygens (including phenoxy) is 1. The van der Waals surface area contributed by atoms with Crippen molar-refractivity contribution in [2.75, 3.05) is 19.7 Å². The van der Waals surface area contributed by atoms with Gasteiger partial charge in [-0.25, -0.2) is 14.5 Å². The maximum Gasteiger partial charge on any atom is 0.334 e. The summed E-state index contributed by atoms with van der Waals surface area (Å²) < 4.78 is 6.76. The van der Waals surface area contributed by atoms with Crippen LogP contribution in [0.15, 0.2) is 30.9 Å². The number of aryl methyl sites for hydroxylation is 1. The Morgan fingerprint density at radius 1 is 1.39 bits per heavy atom.